The molecule has 0 saturated carbocycles. The third kappa shape index (κ3) is 2.23. The second-order valence-electron chi connectivity index (χ2n) is 5.08. The van der Waals surface area contributed by atoms with Crippen molar-refractivity contribution in [1.82, 2.24) is 19.8 Å². The summed E-state index contributed by atoms with van der Waals surface area (Å²) in [7, 11) is 0. The average Bonchev–Trinajstić information content (AvgIpc) is 3.22. The topological polar surface area (TPSA) is 78.3 Å². The number of nitrogens with zero attached hydrogens (tertiary/aromatic N) is 4. The number of hydrogen-bond donors (Lipinski definition) is 1. The molecule has 1 aliphatic rings. The lowest BCUT2D eigenvalue weighted by Gasteiger charge is -2.08. The molecule has 2 atom stereocenters. The molecule has 0 spiro atoms. The fourth-order valence-electron chi connectivity index (χ4n) is 2.59. The Bertz CT molecular complexity index is 753. The van der Waals surface area contributed by atoms with Crippen LogP contribution in [0, 0.1) is 0 Å². The van der Waals surface area contributed by atoms with Gasteiger partial charge in [0.25, 0.3) is 0 Å². The highest BCUT2D eigenvalue weighted by molar-refractivity contribution is 7.16. The van der Waals surface area contributed by atoms with Crippen LogP contribution in [0.4, 0.5) is 0 Å². The van der Waals surface area contributed by atoms with E-state index in [1.54, 1.807) is 4.52 Å². The molecule has 1 saturated heterocycles. The van der Waals surface area contributed by atoms with Crippen LogP contribution in [0.5, 0.6) is 0 Å². The minimum atomic E-state index is 0.0360. The molecule has 6 nitrogen and oxygen atoms in total. The summed E-state index contributed by atoms with van der Waals surface area (Å²) in [6, 6.07) is 9.96. The molecule has 1 fully saturated rings. The second-order valence-corrected chi connectivity index (χ2v) is 6.07. The van der Waals surface area contributed by atoms with Gasteiger partial charge in [-0.05, 0) is 12.8 Å². The molecule has 3 heterocycles. The van der Waals surface area contributed by atoms with Crippen molar-refractivity contribution in [3.63, 3.8) is 0 Å². The number of benzene rings is 1. The molecular weight excluding hydrogens is 286 g/mol. The summed E-state index contributed by atoms with van der Waals surface area (Å²) in [5.74, 6) is 0.765. The van der Waals surface area contributed by atoms with Crippen LogP contribution in [0.2, 0.25) is 0 Å². The van der Waals surface area contributed by atoms with Gasteiger partial charge in [-0.25, -0.2) is 0 Å². The van der Waals surface area contributed by atoms with E-state index in [1.807, 2.05) is 30.3 Å². The Morgan fingerprint density at radius 2 is 2.10 bits per heavy atom. The first kappa shape index (κ1) is 12.9. The normalized spacial score (nSPS) is 22.1. The molecule has 3 aromatic rings. The fourth-order valence-corrected chi connectivity index (χ4v) is 3.50. The summed E-state index contributed by atoms with van der Waals surface area (Å²) in [5, 5.41) is 14.0. The van der Waals surface area contributed by atoms with Crippen LogP contribution in [-0.2, 0) is 4.74 Å². The molecule has 108 valence electrons. The van der Waals surface area contributed by atoms with Crippen LogP contribution in [0.25, 0.3) is 16.3 Å². The zero-order chi connectivity index (χ0) is 14.2. The van der Waals surface area contributed by atoms with Crippen LogP contribution in [-0.4, -0.2) is 32.5 Å². The second kappa shape index (κ2) is 5.18. The van der Waals surface area contributed by atoms with E-state index in [0.717, 1.165) is 34.2 Å². The lowest BCUT2D eigenvalue weighted by Crippen LogP contribution is -2.18. The zero-order valence-electron chi connectivity index (χ0n) is 11.3. The summed E-state index contributed by atoms with van der Waals surface area (Å²) in [5.41, 5.74) is 6.67. The van der Waals surface area contributed by atoms with Gasteiger partial charge in [0.2, 0.25) is 4.96 Å². The lowest BCUT2D eigenvalue weighted by atomic mass is 10.2. The van der Waals surface area contributed by atoms with Gasteiger partial charge in [0, 0.05) is 12.1 Å². The van der Waals surface area contributed by atoms with E-state index < -0.39 is 0 Å². The van der Waals surface area contributed by atoms with Gasteiger partial charge in [-0.3, -0.25) is 0 Å². The highest BCUT2D eigenvalue weighted by atomic mass is 32.1. The van der Waals surface area contributed by atoms with Crippen molar-refractivity contribution in [1.29, 1.82) is 0 Å². The highest BCUT2D eigenvalue weighted by Crippen LogP contribution is 2.35. The molecular formula is C14H15N5OS. The number of ether oxygens (including phenoxy) is 1. The van der Waals surface area contributed by atoms with Crippen molar-refractivity contribution in [3.05, 3.63) is 35.3 Å². The number of fused-ring (bicyclic) bond motifs is 1. The Balaban J connectivity index is 1.70. The van der Waals surface area contributed by atoms with E-state index in [0.29, 0.717) is 6.54 Å². The molecule has 1 aromatic carbocycles. The number of rotatable bonds is 3. The SMILES string of the molecule is NCC1CCC(c2nn3c(-c4ccccc4)nnc3s2)O1. The largest absolute Gasteiger partial charge is 0.366 e. The smallest absolute Gasteiger partial charge is 0.235 e. The van der Waals surface area contributed by atoms with Gasteiger partial charge in [0.15, 0.2) is 5.82 Å². The summed E-state index contributed by atoms with van der Waals surface area (Å²) < 4.78 is 7.70. The highest BCUT2D eigenvalue weighted by Gasteiger charge is 2.29. The molecule has 2 unspecified atom stereocenters. The van der Waals surface area contributed by atoms with E-state index in [1.165, 1.54) is 11.3 Å². The van der Waals surface area contributed by atoms with Crippen LogP contribution < -0.4 is 5.73 Å². The first-order valence-electron chi connectivity index (χ1n) is 6.98. The van der Waals surface area contributed by atoms with Crippen molar-refractivity contribution in [3.8, 4) is 11.4 Å². The minimum absolute atomic E-state index is 0.0360. The van der Waals surface area contributed by atoms with Crippen LogP contribution >= 0.6 is 11.3 Å². The molecule has 2 aromatic heterocycles. The Labute approximate surface area is 125 Å². The monoisotopic (exact) mass is 301 g/mol. The molecule has 0 bridgehead atoms. The Kier molecular flexibility index (Phi) is 3.17. The third-order valence-electron chi connectivity index (χ3n) is 3.68. The third-order valence-corrected chi connectivity index (χ3v) is 4.68. The number of aromatic nitrogens is 4. The van der Waals surface area contributed by atoms with Gasteiger partial charge < -0.3 is 10.5 Å². The van der Waals surface area contributed by atoms with Crippen molar-refractivity contribution >= 4 is 16.3 Å². The van der Waals surface area contributed by atoms with Gasteiger partial charge in [-0.2, -0.15) is 9.61 Å². The average molecular weight is 301 g/mol. The molecule has 0 amide bonds. The maximum absolute atomic E-state index is 5.90. The van der Waals surface area contributed by atoms with Crippen LogP contribution in [0.15, 0.2) is 30.3 Å². The molecule has 7 heteroatoms. The van der Waals surface area contributed by atoms with Gasteiger partial charge in [0.1, 0.15) is 11.1 Å². The fraction of sp³-hybridized carbons (Fsp3) is 0.357. The van der Waals surface area contributed by atoms with Crippen molar-refractivity contribution < 1.29 is 4.74 Å². The summed E-state index contributed by atoms with van der Waals surface area (Å²) >= 11 is 1.53. The summed E-state index contributed by atoms with van der Waals surface area (Å²) in [6.45, 7) is 0.565. The molecule has 21 heavy (non-hydrogen) atoms. The Morgan fingerprint density at radius 1 is 1.24 bits per heavy atom. The maximum Gasteiger partial charge on any atom is 0.235 e. The zero-order valence-corrected chi connectivity index (χ0v) is 12.2. The minimum Gasteiger partial charge on any atom is -0.366 e. The molecule has 2 N–H and O–H groups in total. The van der Waals surface area contributed by atoms with Gasteiger partial charge in [-0.15, -0.1) is 10.2 Å². The van der Waals surface area contributed by atoms with E-state index in [4.69, 9.17) is 10.5 Å². The quantitative estimate of drug-likeness (QED) is 0.801. The van der Waals surface area contributed by atoms with Gasteiger partial charge >= 0.3 is 0 Å². The Morgan fingerprint density at radius 3 is 2.86 bits per heavy atom. The first-order chi connectivity index (χ1) is 10.3. The number of nitrogens with two attached hydrogens (primary N) is 1. The maximum atomic E-state index is 5.90. The van der Waals surface area contributed by atoms with Crippen molar-refractivity contribution in [2.24, 2.45) is 5.73 Å². The van der Waals surface area contributed by atoms with Crippen molar-refractivity contribution in [2.45, 2.75) is 25.0 Å². The molecule has 0 aliphatic carbocycles. The van der Waals surface area contributed by atoms with E-state index in [2.05, 4.69) is 15.3 Å². The van der Waals surface area contributed by atoms with Crippen LogP contribution in [0.3, 0.4) is 0 Å². The van der Waals surface area contributed by atoms with Gasteiger partial charge in [-0.1, -0.05) is 41.7 Å². The van der Waals surface area contributed by atoms with E-state index >= 15 is 0 Å². The van der Waals surface area contributed by atoms with Gasteiger partial charge in [0.05, 0.1) is 6.10 Å². The molecule has 4 rings (SSSR count). The predicted octanol–water partition coefficient (Wildman–Crippen LogP) is 2.03. The first-order valence-corrected chi connectivity index (χ1v) is 7.80. The van der Waals surface area contributed by atoms with E-state index in [-0.39, 0.29) is 12.2 Å². The van der Waals surface area contributed by atoms with Crippen LogP contribution in [0.1, 0.15) is 24.0 Å². The summed E-state index contributed by atoms with van der Waals surface area (Å²) in [4.78, 5) is 0.795. The standard InChI is InChI=1S/C14H15N5OS/c15-8-10-6-7-11(20-10)13-18-19-12(16-17-14(19)21-13)9-4-2-1-3-5-9/h1-5,10-11H,6-8,15H2. The number of hydrogen-bond acceptors (Lipinski definition) is 6. The molecule has 0 radical (unpaired) electrons. The predicted molar refractivity (Wildman–Crippen MR) is 80.0 cm³/mol. The Hall–Kier alpha value is -1.83. The molecule has 1 aliphatic heterocycles. The lowest BCUT2D eigenvalue weighted by molar-refractivity contribution is 0.0492. The van der Waals surface area contributed by atoms with E-state index in [9.17, 15) is 0 Å². The van der Waals surface area contributed by atoms with Crippen molar-refractivity contribution in [2.75, 3.05) is 6.54 Å². The summed E-state index contributed by atoms with van der Waals surface area (Å²) in [6.07, 6.45) is 2.14.